The van der Waals surface area contributed by atoms with Crippen molar-refractivity contribution in [2.75, 3.05) is 0 Å². The van der Waals surface area contributed by atoms with Crippen LogP contribution >= 0.6 is 0 Å². The largest absolute Gasteiger partial charge is 0.228 e. The zero-order valence-electron chi connectivity index (χ0n) is 25.8. The van der Waals surface area contributed by atoms with Crippen LogP contribution in [-0.2, 0) is 6.42 Å². The summed E-state index contributed by atoms with van der Waals surface area (Å²) in [5.74, 6) is 0.738. The molecule has 1 aliphatic carbocycles. The first-order valence-corrected chi connectivity index (χ1v) is 16.1. The van der Waals surface area contributed by atoms with Gasteiger partial charge >= 0.3 is 0 Å². The molecule has 1 heterocycles. The summed E-state index contributed by atoms with van der Waals surface area (Å²) in [6, 6.07) is 60.4. The van der Waals surface area contributed by atoms with Gasteiger partial charge in [0.05, 0.1) is 11.2 Å². The number of aromatic nitrogens is 2. The lowest BCUT2D eigenvalue weighted by atomic mass is 9.94. The highest BCUT2D eigenvalue weighted by Crippen LogP contribution is 2.45. The first kappa shape index (κ1) is 27.2. The van der Waals surface area contributed by atoms with Gasteiger partial charge in [-0.25, -0.2) is 9.97 Å². The van der Waals surface area contributed by atoms with Crippen molar-refractivity contribution < 1.29 is 0 Å². The van der Waals surface area contributed by atoms with Gasteiger partial charge in [-0.15, -0.1) is 0 Å². The van der Waals surface area contributed by atoms with Crippen molar-refractivity contribution in [3.8, 4) is 67.2 Å². The SMILES string of the molecule is c1ccc(-c2ccc(-c3cccc4c3Cc3c(-c5cccc(-c6nc(-c7ccccc7)c7ccccc7n6)c5)cccc3-4)cc2)cc1. The Hall–Kier alpha value is -6.12. The standard InChI is InChI=1S/C45H30N2/c1-3-12-30(13-4-1)31-24-26-32(27-25-31)36-19-10-21-38-39-22-11-20-37(42(39)29-41(36)38)34-16-9-17-35(28-34)45-46-43-23-8-7-18-40(43)44(47-45)33-14-5-2-6-15-33/h1-28H,29H2. The van der Waals surface area contributed by atoms with Gasteiger partial charge in [-0.2, -0.15) is 0 Å². The number of fused-ring (bicyclic) bond motifs is 4. The summed E-state index contributed by atoms with van der Waals surface area (Å²) in [4.78, 5) is 10.2. The van der Waals surface area contributed by atoms with E-state index in [-0.39, 0.29) is 0 Å². The molecule has 1 aromatic heterocycles. The Morgan fingerprint density at radius 1 is 0.340 bits per heavy atom. The molecule has 9 rings (SSSR count). The number of benzene rings is 7. The molecule has 0 spiro atoms. The lowest BCUT2D eigenvalue weighted by Crippen LogP contribution is -1.95. The Labute approximate surface area is 274 Å². The van der Waals surface area contributed by atoms with Crippen LogP contribution in [0.2, 0.25) is 0 Å². The maximum Gasteiger partial charge on any atom is 0.160 e. The summed E-state index contributed by atoms with van der Waals surface area (Å²) in [5, 5.41) is 1.06. The molecule has 7 aromatic carbocycles. The fourth-order valence-electron chi connectivity index (χ4n) is 7.10. The molecule has 2 nitrogen and oxygen atoms in total. The second-order valence-corrected chi connectivity index (χ2v) is 12.1. The molecule has 0 saturated heterocycles. The number of rotatable bonds is 5. The molecular formula is C45H30N2. The predicted octanol–water partition coefficient (Wildman–Crippen LogP) is 11.5. The van der Waals surface area contributed by atoms with E-state index in [1.807, 2.05) is 12.1 Å². The van der Waals surface area contributed by atoms with E-state index in [9.17, 15) is 0 Å². The monoisotopic (exact) mass is 598 g/mol. The van der Waals surface area contributed by atoms with E-state index in [1.165, 1.54) is 55.6 Å². The molecule has 0 saturated carbocycles. The Balaban J connectivity index is 1.10. The lowest BCUT2D eigenvalue weighted by molar-refractivity contribution is 1.23. The minimum absolute atomic E-state index is 0.738. The van der Waals surface area contributed by atoms with Gasteiger partial charge in [0, 0.05) is 16.5 Å². The predicted molar refractivity (Wildman–Crippen MR) is 195 cm³/mol. The summed E-state index contributed by atoms with van der Waals surface area (Å²) in [6.07, 6.45) is 0.895. The van der Waals surface area contributed by atoms with Crippen LogP contribution in [0, 0.1) is 0 Å². The van der Waals surface area contributed by atoms with Gasteiger partial charge in [0.2, 0.25) is 0 Å². The molecule has 8 aromatic rings. The van der Waals surface area contributed by atoms with Gasteiger partial charge in [0.1, 0.15) is 0 Å². The first-order chi connectivity index (χ1) is 23.3. The third-order valence-electron chi connectivity index (χ3n) is 9.38. The minimum atomic E-state index is 0.738. The molecule has 2 heteroatoms. The van der Waals surface area contributed by atoms with Crippen molar-refractivity contribution in [2.45, 2.75) is 6.42 Å². The van der Waals surface area contributed by atoms with E-state index >= 15 is 0 Å². The highest BCUT2D eigenvalue weighted by molar-refractivity contribution is 5.94. The van der Waals surface area contributed by atoms with Crippen LogP contribution < -0.4 is 0 Å². The third-order valence-corrected chi connectivity index (χ3v) is 9.38. The average Bonchev–Trinajstić information content (AvgIpc) is 3.54. The highest BCUT2D eigenvalue weighted by atomic mass is 14.9. The molecule has 220 valence electrons. The zero-order chi connectivity index (χ0) is 31.2. The lowest BCUT2D eigenvalue weighted by Gasteiger charge is -2.12. The van der Waals surface area contributed by atoms with E-state index in [0.29, 0.717) is 0 Å². The summed E-state index contributed by atoms with van der Waals surface area (Å²) in [5.41, 5.74) is 16.9. The van der Waals surface area contributed by atoms with E-state index in [0.717, 1.165) is 40.0 Å². The Morgan fingerprint density at radius 3 is 1.57 bits per heavy atom. The Kier molecular flexibility index (Phi) is 6.57. The Morgan fingerprint density at radius 2 is 0.851 bits per heavy atom. The molecule has 0 aliphatic heterocycles. The van der Waals surface area contributed by atoms with E-state index in [2.05, 4.69) is 158 Å². The Bertz CT molecular complexity index is 2410. The molecule has 0 unspecified atom stereocenters. The fourth-order valence-corrected chi connectivity index (χ4v) is 7.10. The number of hydrogen-bond donors (Lipinski definition) is 0. The molecule has 0 atom stereocenters. The van der Waals surface area contributed by atoms with Crippen molar-refractivity contribution in [3.05, 3.63) is 181 Å². The second kappa shape index (κ2) is 11.3. The molecule has 0 radical (unpaired) electrons. The fraction of sp³-hybridized carbons (Fsp3) is 0.0222. The first-order valence-electron chi connectivity index (χ1n) is 16.1. The van der Waals surface area contributed by atoms with Crippen LogP contribution in [0.3, 0.4) is 0 Å². The van der Waals surface area contributed by atoms with Gasteiger partial charge in [-0.3, -0.25) is 0 Å². The minimum Gasteiger partial charge on any atom is -0.228 e. The topological polar surface area (TPSA) is 25.8 Å². The van der Waals surface area contributed by atoms with E-state index in [4.69, 9.17) is 9.97 Å². The van der Waals surface area contributed by atoms with E-state index in [1.54, 1.807) is 0 Å². The van der Waals surface area contributed by atoms with Gasteiger partial charge in [-0.1, -0.05) is 158 Å². The van der Waals surface area contributed by atoms with Crippen LogP contribution in [0.1, 0.15) is 11.1 Å². The highest BCUT2D eigenvalue weighted by Gasteiger charge is 2.24. The van der Waals surface area contributed by atoms with Crippen molar-refractivity contribution in [2.24, 2.45) is 0 Å². The maximum absolute atomic E-state index is 5.14. The van der Waals surface area contributed by atoms with Gasteiger partial charge in [-0.05, 0) is 74.2 Å². The molecule has 0 bridgehead atoms. The summed E-state index contributed by atoms with van der Waals surface area (Å²) in [7, 11) is 0. The number of nitrogens with zero attached hydrogens (tertiary/aromatic N) is 2. The van der Waals surface area contributed by atoms with Crippen molar-refractivity contribution in [3.63, 3.8) is 0 Å². The average molecular weight is 599 g/mol. The van der Waals surface area contributed by atoms with Crippen molar-refractivity contribution in [1.82, 2.24) is 9.97 Å². The molecular weight excluding hydrogens is 569 g/mol. The summed E-state index contributed by atoms with van der Waals surface area (Å²) < 4.78 is 0. The molecule has 47 heavy (non-hydrogen) atoms. The second-order valence-electron chi connectivity index (χ2n) is 12.1. The quantitative estimate of drug-likeness (QED) is 0.197. The third kappa shape index (κ3) is 4.83. The van der Waals surface area contributed by atoms with Crippen LogP contribution in [0.5, 0.6) is 0 Å². The van der Waals surface area contributed by atoms with E-state index < -0.39 is 0 Å². The zero-order valence-corrected chi connectivity index (χ0v) is 25.8. The summed E-state index contributed by atoms with van der Waals surface area (Å²) in [6.45, 7) is 0. The van der Waals surface area contributed by atoms with Crippen molar-refractivity contribution >= 4 is 10.9 Å². The van der Waals surface area contributed by atoms with Gasteiger partial charge in [0.15, 0.2) is 5.82 Å². The smallest absolute Gasteiger partial charge is 0.160 e. The van der Waals surface area contributed by atoms with Crippen LogP contribution in [0.25, 0.3) is 78.1 Å². The molecule has 0 fully saturated rings. The van der Waals surface area contributed by atoms with Crippen LogP contribution in [0.4, 0.5) is 0 Å². The molecule has 1 aliphatic rings. The van der Waals surface area contributed by atoms with Gasteiger partial charge < -0.3 is 0 Å². The summed E-state index contributed by atoms with van der Waals surface area (Å²) >= 11 is 0. The van der Waals surface area contributed by atoms with Crippen LogP contribution in [0.15, 0.2) is 170 Å². The molecule has 0 N–H and O–H groups in total. The number of hydrogen-bond acceptors (Lipinski definition) is 2. The van der Waals surface area contributed by atoms with Crippen LogP contribution in [-0.4, -0.2) is 9.97 Å². The number of para-hydroxylation sites is 1. The van der Waals surface area contributed by atoms with Crippen molar-refractivity contribution in [1.29, 1.82) is 0 Å². The maximum atomic E-state index is 5.14. The van der Waals surface area contributed by atoms with Gasteiger partial charge in [0.25, 0.3) is 0 Å². The normalized spacial score (nSPS) is 11.7. The molecule has 0 amide bonds.